The van der Waals surface area contributed by atoms with Crippen molar-refractivity contribution < 1.29 is 98.9 Å². The molecule has 30 heavy (non-hydrogen) atoms. The van der Waals surface area contributed by atoms with Crippen LogP contribution in [0.5, 0.6) is 0 Å². The van der Waals surface area contributed by atoms with Crippen molar-refractivity contribution in [2.75, 3.05) is 13.2 Å². The van der Waals surface area contributed by atoms with Crippen molar-refractivity contribution in [2.24, 2.45) is 0 Å². The molecule has 0 aliphatic carbocycles. The Kier molecular flexibility index (Phi) is 32.9. The molecule has 12 N–H and O–H groups in total. The number of hydrogen-bond acceptors (Lipinski definition) is 16. The van der Waals surface area contributed by atoms with Gasteiger partial charge in [-0.05, 0) is 0 Å². The van der Waals surface area contributed by atoms with Crippen molar-refractivity contribution in [3.63, 3.8) is 0 Å². The maximum atomic E-state index is 9.98. The third-order valence-corrected chi connectivity index (χ3v) is 2.99. The zero-order chi connectivity index (χ0) is 21.2. The Morgan fingerprint density at radius 2 is 0.800 bits per heavy atom. The summed E-state index contributed by atoms with van der Waals surface area (Å²) in [5.74, 6) is -3.95. The van der Waals surface area contributed by atoms with Crippen LogP contribution in [0.25, 0.3) is 0 Å². The number of carboxylic acid groups (broad SMARTS) is 2. The molecule has 1 radical (unpaired) electrons. The maximum Gasteiger partial charge on any atom is 2.00 e. The molecule has 0 aromatic carbocycles. The number of carbonyl (C=O) groups excluding carboxylic acids is 2. The molecular weight excluding hydrogens is 504 g/mol. The second-order valence-corrected chi connectivity index (χ2v) is 4.99. The van der Waals surface area contributed by atoms with E-state index in [1.807, 2.05) is 0 Å². The summed E-state index contributed by atoms with van der Waals surface area (Å²) in [5, 5.41) is 107. The molecule has 0 saturated heterocycles. The number of aliphatic carboxylic acids is 2. The maximum absolute atomic E-state index is 9.98. The van der Waals surface area contributed by atoms with Crippen LogP contribution in [0.1, 0.15) is 0 Å². The van der Waals surface area contributed by atoms with E-state index < -0.39 is 74.0 Å². The minimum Gasteiger partial charge on any atom is -0.870 e. The molecule has 0 heterocycles. The van der Waals surface area contributed by atoms with E-state index in [1.54, 1.807) is 0 Å². The molecule has 0 aliphatic rings. The van der Waals surface area contributed by atoms with Gasteiger partial charge >= 0.3 is 54.8 Å². The number of aliphatic hydroxyl groups is 10. The minimum absolute atomic E-state index is 0. The van der Waals surface area contributed by atoms with E-state index in [-0.39, 0.29) is 65.8 Å². The van der Waals surface area contributed by atoms with Gasteiger partial charge in [0.05, 0.1) is 25.2 Å². The molecule has 0 saturated carbocycles. The van der Waals surface area contributed by atoms with Crippen LogP contribution in [0.2, 0.25) is 0 Å². The van der Waals surface area contributed by atoms with Gasteiger partial charge in [-0.15, -0.1) is 0 Å². The van der Waals surface area contributed by atoms with Crippen LogP contribution in [0, 0.1) is 0 Å². The van der Waals surface area contributed by atoms with Crippen LogP contribution in [-0.2, 0) is 26.7 Å². The van der Waals surface area contributed by atoms with Gasteiger partial charge in [-0.1, -0.05) is 0 Å². The van der Waals surface area contributed by atoms with Crippen molar-refractivity contribution in [1.29, 1.82) is 0 Å². The summed E-state index contributed by atoms with van der Waals surface area (Å²) in [7, 11) is 0. The molecule has 0 fully saturated rings. The van der Waals surface area contributed by atoms with Gasteiger partial charge in [0.2, 0.25) is 0 Å². The first-order valence-corrected chi connectivity index (χ1v) is 6.91. The Bertz CT molecular complexity index is 393. The van der Waals surface area contributed by atoms with Crippen LogP contribution in [-0.4, -0.2) is 174 Å². The molecule has 0 aliphatic heterocycles. The predicted molar refractivity (Wildman–Crippen MR) is 81.9 cm³/mol. The number of hydrogen-bond donors (Lipinski definition) is 10. The first-order valence-electron chi connectivity index (χ1n) is 6.91. The summed E-state index contributed by atoms with van der Waals surface area (Å²) in [6, 6.07) is 0. The summed E-state index contributed by atoms with van der Waals surface area (Å²) in [6.45, 7) is -1.73. The fourth-order valence-corrected chi connectivity index (χ4v) is 1.32. The van der Waals surface area contributed by atoms with E-state index in [0.29, 0.717) is 0 Å². The quantitative estimate of drug-likeness (QED) is 0.118. The van der Waals surface area contributed by atoms with Crippen molar-refractivity contribution in [2.45, 2.75) is 48.8 Å². The van der Waals surface area contributed by atoms with E-state index in [0.717, 1.165) is 0 Å². The molecule has 0 aromatic heterocycles. The van der Waals surface area contributed by atoms with E-state index in [2.05, 4.69) is 0 Å². The number of carbonyl (C=O) groups is 2. The van der Waals surface area contributed by atoms with Gasteiger partial charge in [0.25, 0.3) is 0 Å². The van der Waals surface area contributed by atoms with Gasteiger partial charge in [-0.25, -0.2) is 0 Å². The SMILES string of the molecule is O=C([O-])[C@H](O)[C@@H](O)[C@H](O)[C@H](O)CO.O=C([O-])[C@H](O)[C@@H](O)[C@H](O)[C@H](O)CO.[Ca+2].[Cu+2].[OH-].[OH-]. The standard InChI is InChI=1S/2C6H12O7.Ca.Cu.2H2O/c2*7-1-2(8)3(9)4(10)5(11)6(12)13;;;;/h2*2-5,7-11H,1H2,(H,12,13);;;2*1H2/q;;2*+2;;/p-4/t2*2-,3-,4+,5-;;;;/m11..../s1. The summed E-state index contributed by atoms with van der Waals surface area (Å²) in [4.78, 5) is 20.0. The molecule has 0 aromatic rings. The van der Waals surface area contributed by atoms with Crippen LogP contribution < -0.4 is 10.2 Å². The number of carboxylic acids is 2. The van der Waals surface area contributed by atoms with E-state index in [4.69, 9.17) is 51.1 Å². The van der Waals surface area contributed by atoms with E-state index in [9.17, 15) is 19.8 Å². The monoisotopic (exact) mass is 527 g/mol. The third-order valence-electron chi connectivity index (χ3n) is 2.99. The fraction of sp³-hybridized carbons (Fsp3) is 0.833. The van der Waals surface area contributed by atoms with E-state index in [1.165, 1.54) is 0 Å². The van der Waals surface area contributed by atoms with Crippen molar-refractivity contribution >= 4 is 49.7 Å². The summed E-state index contributed by atoms with van der Waals surface area (Å²) in [5.41, 5.74) is 0. The van der Waals surface area contributed by atoms with Crippen molar-refractivity contribution in [1.82, 2.24) is 0 Å². The van der Waals surface area contributed by atoms with Crippen LogP contribution >= 0.6 is 0 Å². The zero-order valence-corrected chi connectivity index (χ0v) is 18.2. The molecule has 181 valence electrons. The fourth-order valence-electron chi connectivity index (χ4n) is 1.32. The Hall–Kier alpha value is 0.239. The van der Waals surface area contributed by atoms with Gasteiger partial charge in [-0.2, -0.15) is 0 Å². The number of aliphatic hydroxyl groups excluding tert-OH is 10. The topological polar surface area (TPSA) is 343 Å². The van der Waals surface area contributed by atoms with Gasteiger partial charge in [-0.3, -0.25) is 0 Å². The molecule has 0 unspecified atom stereocenters. The molecule has 16 nitrogen and oxygen atoms in total. The van der Waals surface area contributed by atoms with Crippen molar-refractivity contribution in [3.8, 4) is 0 Å². The van der Waals surface area contributed by atoms with Crippen molar-refractivity contribution in [3.05, 3.63) is 0 Å². The van der Waals surface area contributed by atoms with Crippen LogP contribution in [0.3, 0.4) is 0 Å². The average Bonchev–Trinajstić information content (AvgIpc) is 2.62. The Balaban J connectivity index is -0.0000000847. The van der Waals surface area contributed by atoms with Gasteiger partial charge in [0.15, 0.2) is 0 Å². The average molecular weight is 528 g/mol. The molecule has 18 heteroatoms. The minimum atomic E-state index is -2.31. The summed E-state index contributed by atoms with van der Waals surface area (Å²) >= 11 is 0. The predicted octanol–water partition coefficient (Wildman–Crippen LogP) is -10.4. The summed E-state index contributed by atoms with van der Waals surface area (Å²) < 4.78 is 0. The first kappa shape index (κ1) is 44.0. The Labute approximate surface area is 209 Å². The third kappa shape index (κ3) is 16.0. The van der Waals surface area contributed by atoms with Gasteiger partial charge < -0.3 is 81.8 Å². The normalized spacial score (nSPS) is 17.7. The van der Waals surface area contributed by atoms with Gasteiger partial charge in [0.1, 0.15) is 48.8 Å². The van der Waals surface area contributed by atoms with Crippen LogP contribution in [0.4, 0.5) is 0 Å². The van der Waals surface area contributed by atoms with Gasteiger partial charge in [0, 0.05) is 0 Å². The van der Waals surface area contributed by atoms with E-state index >= 15 is 0 Å². The van der Waals surface area contributed by atoms with Crippen LogP contribution in [0.15, 0.2) is 0 Å². The largest absolute Gasteiger partial charge is 2.00 e. The molecule has 0 rings (SSSR count). The molecular formula is C12H24CaCuO16. The molecule has 0 spiro atoms. The molecule has 0 bridgehead atoms. The summed E-state index contributed by atoms with van der Waals surface area (Å²) in [6.07, 6.45) is -16.2. The molecule has 0 amide bonds. The smallest absolute Gasteiger partial charge is 0.870 e. The number of rotatable bonds is 10. The first-order chi connectivity index (χ1) is 11.8. The zero-order valence-electron chi connectivity index (χ0n) is 15.0. The Morgan fingerprint density at radius 1 is 0.600 bits per heavy atom. The second kappa shape index (κ2) is 22.4. The molecule has 8 atom stereocenters. The second-order valence-electron chi connectivity index (χ2n) is 4.99. The Morgan fingerprint density at radius 3 is 0.933 bits per heavy atom.